The topological polar surface area (TPSA) is 310 Å². The van der Waals surface area contributed by atoms with Gasteiger partial charge in [0.05, 0.1) is 39.5 Å². The third kappa shape index (κ3) is 34.8. The summed E-state index contributed by atoms with van der Waals surface area (Å²) in [6.07, 6.45) is 1.91. The Morgan fingerprint density at radius 1 is 0.444 bits per heavy atom. The molecule has 23 nitrogen and oxygen atoms in total. The molecule has 2 heterocycles. The summed E-state index contributed by atoms with van der Waals surface area (Å²) in [4.78, 5) is 119. The highest BCUT2D eigenvalue weighted by molar-refractivity contribution is 5.94. The molecule has 2 aliphatic heterocycles. The van der Waals surface area contributed by atoms with Crippen LogP contribution in [0.25, 0.3) is 0 Å². The van der Waals surface area contributed by atoms with Gasteiger partial charge in [-0.2, -0.15) is 0 Å². The summed E-state index contributed by atoms with van der Waals surface area (Å²) >= 11 is 0. The summed E-state index contributed by atoms with van der Waals surface area (Å²) in [5, 5.41) is 34.8. The average molecular weight is 1370 g/mol. The lowest BCUT2D eigenvalue weighted by Gasteiger charge is -2.28. The molecule has 2 saturated heterocycles. The fraction of sp³-hybridized carbons (Fsp3) is 0.487. The second-order valence-electron chi connectivity index (χ2n) is 25.9. The summed E-state index contributed by atoms with van der Waals surface area (Å²) in [6, 6.07) is 41.0. The van der Waals surface area contributed by atoms with Crippen molar-refractivity contribution in [1.82, 2.24) is 41.7 Å². The summed E-state index contributed by atoms with van der Waals surface area (Å²) in [6.45, 7) is 22.5. The largest absolute Gasteiger partial charge is 0.480 e. The number of nitrogens with zero attached hydrogens (tertiary/aromatic N) is 2. The van der Waals surface area contributed by atoms with E-state index in [0.29, 0.717) is 71.6 Å². The molecule has 5 aromatic rings. The first kappa shape index (κ1) is 82.4. The number of amides is 6. The molecule has 6 atom stereocenters. The van der Waals surface area contributed by atoms with Crippen LogP contribution in [0.4, 0.5) is 4.79 Å². The van der Waals surface area contributed by atoms with Gasteiger partial charge in [-0.1, -0.05) is 193 Å². The molecule has 23 heteroatoms. The number of hydrogen-bond donors (Lipinski definition) is 8. The average Bonchev–Trinajstić information content (AvgIpc) is 0.903. The van der Waals surface area contributed by atoms with E-state index in [1.807, 2.05) is 179 Å². The molecule has 0 radical (unpaired) electrons. The Morgan fingerprint density at radius 2 is 0.788 bits per heavy atom. The van der Waals surface area contributed by atoms with Gasteiger partial charge in [-0.05, 0) is 98.9 Å². The van der Waals surface area contributed by atoms with E-state index < -0.39 is 89.5 Å². The van der Waals surface area contributed by atoms with Crippen LogP contribution in [0.2, 0.25) is 0 Å². The maximum Gasteiger partial charge on any atom is 0.408 e. The smallest absolute Gasteiger partial charge is 0.408 e. The van der Waals surface area contributed by atoms with Crippen LogP contribution in [0.5, 0.6) is 0 Å². The quantitative estimate of drug-likeness (QED) is 0.0191. The third-order valence-electron chi connectivity index (χ3n) is 15.4. The molecule has 0 saturated carbocycles. The fourth-order valence-electron chi connectivity index (χ4n) is 10.5. The number of benzene rings is 5. The van der Waals surface area contributed by atoms with Crippen molar-refractivity contribution in [3.05, 3.63) is 179 Å². The first-order valence-electron chi connectivity index (χ1n) is 34.3. The van der Waals surface area contributed by atoms with E-state index in [9.17, 15) is 48.3 Å². The van der Waals surface area contributed by atoms with E-state index >= 15 is 0 Å². The van der Waals surface area contributed by atoms with Crippen molar-refractivity contribution in [2.75, 3.05) is 65.7 Å². The molecular weight excluding hydrogens is 1260 g/mol. The molecule has 0 unspecified atom stereocenters. The van der Waals surface area contributed by atoms with Crippen molar-refractivity contribution in [3.8, 4) is 0 Å². The molecule has 7 rings (SSSR count). The zero-order chi connectivity index (χ0) is 72.5. The first-order chi connectivity index (χ1) is 47.4. The van der Waals surface area contributed by atoms with Gasteiger partial charge in [0.2, 0.25) is 29.5 Å². The SMILES string of the molecule is CC.CC(C)C[C@H](NC(=O)[C@H](CCc1ccccc1)NC(=O)CN1CCOCC1)C(=O)N[C@@H](Cc1ccccc1)C(=O)O.CC(C)C[C@H](NC(=O)[C@H](CCc1ccccc1)NC(=O)OC(C)(C)C)C(=O)N[C@@H](Cc1ccccc1)C(=O)OCc1ccccc1.O=C(O)CN1CCOCC1. The molecule has 2 fully saturated rings. The Labute approximate surface area is 584 Å². The molecule has 5 aromatic carbocycles. The van der Waals surface area contributed by atoms with E-state index in [4.69, 9.17) is 24.1 Å². The second-order valence-corrected chi connectivity index (χ2v) is 25.9. The number of esters is 1. The van der Waals surface area contributed by atoms with Gasteiger partial charge < -0.3 is 61.1 Å². The second kappa shape index (κ2) is 45.5. The van der Waals surface area contributed by atoms with E-state index in [-0.39, 0.29) is 56.7 Å². The van der Waals surface area contributed by atoms with Gasteiger partial charge in [0.1, 0.15) is 48.5 Å². The maximum atomic E-state index is 13.8. The third-order valence-corrected chi connectivity index (χ3v) is 15.4. The number of rotatable bonds is 32. The number of ether oxygens (including phenoxy) is 4. The molecule has 0 bridgehead atoms. The fourth-order valence-corrected chi connectivity index (χ4v) is 10.5. The standard InChI is InChI=1S/C37H47N3O6.C31H42N4O6.C6H11NO3.C2H6/c1-26(2)23-31(38-33(41)30(40-36(44)46-37(3,4)5)22-21-27-15-9-6-10-16-27)34(42)39-32(24-28-17-11-7-12-18-28)35(43)45-25-29-19-13-8-14-20-29;1-22(2)19-26(30(38)34-27(31(39)40)20-24-11-7-4-8-12-24)33-29(37)25(14-13-23-9-5-3-6-10-23)32-28(36)21-35-15-17-41-18-16-35;8-6(9)5-7-1-3-10-4-2-7;1-2/h6-20,26,30-32H,21-25H2,1-5H3,(H,38,41)(H,39,42)(H,40,44);3-12,22,25-27H,13-21H2,1-2H3,(H,32,36)(H,33,37)(H,34,38)(H,39,40);1-5H2,(H,8,9);1-2H3/t30-,31-,32-;25-,26-,27-;;/m00../s1. The monoisotopic (exact) mass is 1370 g/mol. The zero-order valence-corrected chi connectivity index (χ0v) is 59.1. The van der Waals surface area contributed by atoms with Gasteiger partial charge in [0.25, 0.3) is 0 Å². The number of alkyl carbamates (subject to hydrolysis) is 1. The number of carbonyl (C=O) groups excluding carboxylic acids is 7. The Bertz CT molecular complexity index is 3180. The lowest BCUT2D eigenvalue weighted by Crippen LogP contribution is -2.57. The highest BCUT2D eigenvalue weighted by Crippen LogP contribution is 2.16. The van der Waals surface area contributed by atoms with E-state index in [2.05, 4.69) is 31.9 Å². The van der Waals surface area contributed by atoms with Crippen molar-refractivity contribution in [2.24, 2.45) is 11.8 Å². The lowest BCUT2D eigenvalue weighted by molar-refractivity contribution is -0.149. The number of aliphatic carboxylic acids is 2. The molecular formula is C76H106N8O15. The highest BCUT2D eigenvalue weighted by Gasteiger charge is 2.34. The van der Waals surface area contributed by atoms with Gasteiger partial charge in [-0.3, -0.25) is 38.6 Å². The minimum Gasteiger partial charge on any atom is -0.480 e. The van der Waals surface area contributed by atoms with Crippen molar-refractivity contribution < 1.29 is 72.3 Å². The number of morpholine rings is 2. The molecule has 540 valence electrons. The van der Waals surface area contributed by atoms with Crippen LogP contribution in [-0.2, 0) is 89.6 Å². The summed E-state index contributed by atoms with van der Waals surface area (Å²) in [5.74, 6) is -4.79. The minimum atomic E-state index is -1.16. The Kier molecular flexibility index (Phi) is 37.9. The summed E-state index contributed by atoms with van der Waals surface area (Å²) < 4.78 is 21.4. The number of aryl methyl sites for hydroxylation is 2. The molecule has 2 aliphatic rings. The Morgan fingerprint density at radius 3 is 1.17 bits per heavy atom. The zero-order valence-electron chi connectivity index (χ0n) is 59.1. The van der Waals surface area contributed by atoms with E-state index in [0.717, 1.165) is 40.9 Å². The minimum absolute atomic E-state index is 0.0373. The van der Waals surface area contributed by atoms with Crippen LogP contribution in [-0.4, -0.2) is 181 Å². The number of carboxylic acids is 2. The maximum absolute atomic E-state index is 13.8. The summed E-state index contributed by atoms with van der Waals surface area (Å²) in [7, 11) is 0. The normalized spacial score (nSPS) is 14.9. The van der Waals surface area contributed by atoms with Gasteiger partial charge >= 0.3 is 24.0 Å². The van der Waals surface area contributed by atoms with Gasteiger partial charge in [0, 0.05) is 39.0 Å². The number of carbonyl (C=O) groups is 9. The Balaban J connectivity index is 0.000000361. The van der Waals surface area contributed by atoms with Crippen molar-refractivity contribution in [1.29, 1.82) is 0 Å². The first-order valence-corrected chi connectivity index (χ1v) is 34.3. The van der Waals surface area contributed by atoms with Crippen LogP contribution in [0, 0.1) is 11.8 Å². The highest BCUT2D eigenvalue weighted by atomic mass is 16.6. The van der Waals surface area contributed by atoms with Crippen LogP contribution >= 0.6 is 0 Å². The van der Waals surface area contributed by atoms with Crippen molar-refractivity contribution in [2.45, 2.75) is 162 Å². The molecule has 0 aromatic heterocycles. The van der Waals surface area contributed by atoms with Crippen molar-refractivity contribution >= 4 is 53.5 Å². The summed E-state index contributed by atoms with van der Waals surface area (Å²) in [5.41, 5.74) is 3.71. The molecule has 6 amide bonds. The van der Waals surface area contributed by atoms with Gasteiger partial charge in [0.15, 0.2) is 0 Å². The van der Waals surface area contributed by atoms with Crippen LogP contribution in [0.1, 0.15) is 116 Å². The van der Waals surface area contributed by atoms with Crippen molar-refractivity contribution in [3.63, 3.8) is 0 Å². The van der Waals surface area contributed by atoms with Gasteiger partial charge in [-0.25, -0.2) is 14.4 Å². The van der Waals surface area contributed by atoms with E-state index in [1.165, 1.54) is 0 Å². The predicted molar refractivity (Wildman–Crippen MR) is 379 cm³/mol. The molecule has 8 N–H and O–H groups in total. The molecule has 0 spiro atoms. The van der Waals surface area contributed by atoms with E-state index in [1.54, 1.807) is 45.0 Å². The van der Waals surface area contributed by atoms with Crippen LogP contribution < -0.4 is 31.9 Å². The van der Waals surface area contributed by atoms with Crippen LogP contribution in [0.3, 0.4) is 0 Å². The van der Waals surface area contributed by atoms with Crippen LogP contribution in [0.15, 0.2) is 152 Å². The number of hydrogen-bond acceptors (Lipinski definition) is 15. The number of nitrogens with one attached hydrogen (secondary N) is 6. The Hall–Kier alpha value is -9.03. The van der Waals surface area contributed by atoms with Gasteiger partial charge in [-0.15, -0.1) is 0 Å². The predicted octanol–water partition coefficient (Wildman–Crippen LogP) is 7.72. The number of carboxylic acid groups (broad SMARTS) is 2. The molecule has 99 heavy (non-hydrogen) atoms. The lowest BCUT2D eigenvalue weighted by atomic mass is 10.00. The molecule has 0 aliphatic carbocycles.